The highest BCUT2D eigenvalue weighted by atomic mass is 35.5. The molecule has 8 heteroatoms. The van der Waals surface area contributed by atoms with Crippen LogP contribution in [0.3, 0.4) is 0 Å². The van der Waals surface area contributed by atoms with Gasteiger partial charge in [-0.2, -0.15) is 0 Å². The van der Waals surface area contributed by atoms with Gasteiger partial charge in [0, 0.05) is 29.4 Å². The van der Waals surface area contributed by atoms with Gasteiger partial charge in [-0.25, -0.2) is 4.98 Å². The van der Waals surface area contributed by atoms with E-state index in [1.165, 1.54) is 23.2 Å². The van der Waals surface area contributed by atoms with Crippen molar-refractivity contribution in [3.63, 3.8) is 0 Å². The number of anilines is 2. The van der Waals surface area contributed by atoms with E-state index in [9.17, 15) is 9.59 Å². The second-order valence-corrected chi connectivity index (χ2v) is 8.70. The Bertz CT molecular complexity index is 816. The molecule has 1 aromatic carbocycles. The summed E-state index contributed by atoms with van der Waals surface area (Å²) < 4.78 is 0. The maximum atomic E-state index is 12.2. The van der Waals surface area contributed by atoms with Gasteiger partial charge in [0.1, 0.15) is 0 Å². The van der Waals surface area contributed by atoms with E-state index in [2.05, 4.69) is 10.3 Å². The normalized spacial score (nSPS) is 11.5. The van der Waals surface area contributed by atoms with Crippen LogP contribution < -0.4 is 10.2 Å². The average Bonchev–Trinajstić information content (AvgIpc) is 2.92. The van der Waals surface area contributed by atoms with E-state index in [1.807, 2.05) is 44.2 Å². The van der Waals surface area contributed by atoms with Crippen LogP contribution >= 0.6 is 22.9 Å². The molecule has 0 aliphatic rings. The van der Waals surface area contributed by atoms with Crippen LogP contribution in [0.5, 0.6) is 0 Å². The molecular weight excluding hydrogens is 384 g/mol. The Labute approximate surface area is 169 Å². The zero-order valence-electron chi connectivity index (χ0n) is 16.2. The third-order valence-electron chi connectivity index (χ3n) is 3.47. The fourth-order valence-corrected chi connectivity index (χ4v) is 3.61. The monoisotopic (exact) mass is 408 g/mol. The van der Waals surface area contributed by atoms with Crippen LogP contribution in [-0.2, 0) is 16.1 Å². The molecular formula is C19H25ClN4O2S. The Kier molecular flexibility index (Phi) is 6.97. The zero-order valence-corrected chi connectivity index (χ0v) is 17.8. The number of benzene rings is 1. The Morgan fingerprint density at radius 2 is 2.00 bits per heavy atom. The van der Waals surface area contributed by atoms with Crippen LogP contribution in [0, 0.1) is 0 Å². The summed E-state index contributed by atoms with van der Waals surface area (Å²) in [5.74, 6) is -0.180. The first-order valence-electron chi connectivity index (χ1n) is 8.55. The van der Waals surface area contributed by atoms with Crippen molar-refractivity contribution >= 4 is 45.6 Å². The molecule has 0 bridgehead atoms. The van der Waals surface area contributed by atoms with Gasteiger partial charge in [0.2, 0.25) is 11.8 Å². The molecule has 0 radical (unpaired) electrons. The highest BCUT2D eigenvalue weighted by molar-refractivity contribution is 7.14. The summed E-state index contributed by atoms with van der Waals surface area (Å²) in [6, 6.07) is 7.10. The molecule has 2 aromatic rings. The Morgan fingerprint density at radius 3 is 2.59 bits per heavy atom. The second-order valence-electron chi connectivity index (χ2n) is 7.43. The fraction of sp³-hybridized carbons (Fsp3) is 0.421. The van der Waals surface area contributed by atoms with Gasteiger partial charge in [-0.1, -0.05) is 17.7 Å². The molecule has 0 aliphatic heterocycles. The molecule has 2 amide bonds. The molecule has 0 aliphatic carbocycles. The Balaban J connectivity index is 2.08. The Hall–Kier alpha value is -1.96. The number of halogens is 1. The molecule has 1 aromatic heterocycles. The van der Waals surface area contributed by atoms with Crippen molar-refractivity contribution in [1.29, 1.82) is 0 Å². The number of likely N-dealkylation sites (N-methyl/N-ethyl adjacent to an activating group) is 1. The summed E-state index contributed by atoms with van der Waals surface area (Å²) in [7, 11) is 1.86. The summed E-state index contributed by atoms with van der Waals surface area (Å²) in [5.41, 5.74) is 1.22. The lowest BCUT2D eigenvalue weighted by atomic mass is 10.1. The quantitative estimate of drug-likeness (QED) is 0.788. The summed E-state index contributed by atoms with van der Waals surface area (Å²) in [5, 5.41) is 5.97. The third kappa shape index (κ3) is 6.61. The van der Waals surface area contributed by atoms with Crippen LogP contribution in [-0.4, -0.2) is 40.8 Å². The maximum absolute atomic E-state index is 12.2. The molecule has 6 nitrogen and oxygen atoms in total. The summed E-state index contributed by atoms with van der Waals surface area (Å²) in [4.78, 5) is 32.2. The fourth-order valence-electron chi connectivity index (χ4n) is 2.55. The first-order chi connectivity index (χ1) is 12.5. The SMILES string of the molecule is CC(=O)N(c1cccc(Cl)c1)c1nc(CN(C)CC(=O)NC(C)(C)C)cs1. The first kappa shape index (κ1) is 21.3. The van der Waals surface area contributed by atoms with E-state index < -0.39 is 0 Å². The average molecular weight is 409 g/mol. The van der Waals surface area contributed by atoms with Gasteiger partial charge < -0.3 is 5.32 Å². The van der Waals surface area contributed by atoms with Crippen molar-refractivity contribution in [2.24, 2.45) is 0 Å². The lowest BCUT2D eigenvalue weighted by Crippen LogP contribution is -2.45. The summed E-state index contributed by atoms with van der Waals surface area (Å²) >= 11 is 7.43. The predicted molar refractivity (Wildman–Crippen MR) is 111 cm³/mol. The lowest BCUT2D eigenvalue weighted by molar-refractivity contribution is -0.123. The predicted octanol–water partition coefficient (Wildman–Crippen LogP) is 3.83. The summed E-state index contributed by atoms with van der Waals surface area (Å²) in [6.45, 7) is 8.12. The van der Waals surface area contributed by atoms with Crippen molar-refractivity contribution in [2.75, 3.05) is 18.5 Å². The van der Waals surface area contributed by atoms with Gasteiger partial charge in [-0.3, -0.25) is 19.4 Å². The number of aromatic nitrogens is 1. The standard InChI is InChI=1S/C19H25ClN4O2S/c1-13(25)24(16-8-6-7-14(20)9-16)18-21-15(12-27-18)10-23(5)11-17(26)22-19(2,3)4/h6-9,12H,10-11H2,1-5H3,(H,22,26). The van der Waals surface area contributed by atoms with Crippen LogP contribution in [0.2, 0.25) is 5.02 Å². The molecule has 1 N–H and O–H groups in total. The second kappa shape index (κ2) is 8.82. The number of carbonyl (C=O) groups excluding carboxylic acids is 2. The number of nitrogens with zero attached hydrogens (tertiary/aromatic N) is 3. The minimum Gasteiger partial charge on any atom is -0.350 e. The minimum absolute atomic E-state index is 0.0373. The molecule has 1 heterocycles. The van der Waals surface area contributed by atoms with Gasteiger partial charge in [-0.15, -0.1) is 11.3 Å². The van der Waals surface area contributed by atoms with E-state index >= 15 is 0 Å². The molecule has 27 heavy (non-hydrogen) atoms. The van der Waals surface area contributed by atoms with Gasteiger partial charge in [0.15, 0.2) is 5.13 Å². The summed E-state index contributed by atoms with van der Waals surface area (Å²) in [6.07, 6.45) is 0. The van der Waals surface area contributed by atoms with E-state index in [1.54, 1.807) is 18.2 Å². The molecule has 0 atom stereocenters. The van der Waals surface area contributed by atoms with Crippen LogP contribution in [0.1, 0.15) is 33.4 Å². The molecule has 0 fully saturated rings. The number of rotatable bonds is 6. The number of thiazole rings is 1. The largest absolute Gasteiger partial charge is 0.350 e. The van der Waals surface area contributed by atoms with Crippen molar-refractivity contribution in [2.45, 2.75) is 39.8 Å². The van der Waals surface area contributed by atoms with E-state index in [0.717, 1.165) is 5.69 Å². The molecule has 0 saturated heterocycles. The molecule has 2 rings (SSSR count). The number of amides is 2. The molecule has 0 spiro atoms. The third-order valence-corrected chi connectivity index (χ3v) is 4.58. The van der Waals surface area contributed by atoms with Crippen molar-refractivity contribution in [3.8, 4) is 0 Å². The van der Waals surface area contributed by atoms with Gasteiger partial charge in [0.25, 0.3) is 0 Å². The van der Waals surface area contributed by atoms with Crippen molar-refractivity contribution in [3.05, 3.63) is 40.4 Å². The van der Waals surface area contributed by atoms with Crippen LogP contribution in [0.25, 0.3) is 0 Å². The Morgan fingerprint density at radius 1 is 1.30 bits per heavy atom. The smallest absolute Gasteiger partial charge is 0.234 e. The minimum atomic E-state index is -0.259. The van der Waals surface area contributed by atoms with Crippen molar-refractivity contribution < 1.29 is 9.59 Å². The number of hydrogen-bond acceptors (Lipinski definition) is 5. The van der Waals surface area contributed by atoms with E-state index in [-0.39, 0.29) is 23.9 Å². The highest BCUT2D eigenvalue weighted by Gasteiger charge is 2.19. The highest BCUT2D eigenvalue weighted by Crippen LogP contribution is 2.30. The van der Waals surface area contributed by atoms with Gasteiger partial charge in [-0.05, 0) is 46.0 Å². The van der Waals surface area contributed by atoms with Gasteiger partial charge in [0.05, 0.1) is 17.9 Å². The van der Waals surface area contributed by atoms with Gasteiger partial charge >= 0.3 is 0 Å². The number of carbonyl (C=O) groups is 2. The maximum Gasteiger partial charge on any atom is 0.234 e. The molecule has 0 saturated carbocycles. The topological polar surface area (TPSA) is 65.5 Å². The molecule has 0 unspecified atom stereocenters. The lowest BCUT2D eigenvalue weighted by Gasteiger charge is -2.23. The zero-order chi connectivity index (χ0) is 20.2. The van der Waals surface area contributed by atoms with Crippen LogP contribution in [0.15, 0.2) is 29.6 Å². The van der Waals surface area contributed by atoms with Crippen LogP contribution in [0.4, 0.5) is 10.8 Å². The first-order valence-corrected chi connectivity index (χ1v) is 9.81. The number of hydrogen-bond donors (Lipinski definition) is 1. The molecule has 146 valence electrons. The van der Waals surface area contributed by atoms with E-state index in [4.69, 9.17) is 11.6 Å². The van der Waals surface area contributed by atoms with E-state index in [0.29, 0.717) is 22.4 Å². The number of nitrogens with one attached hydrogen (secondary N) is 1. The van der Waals surface area contributed by atoms with Crippen molar-refractivity contribution in [1.82, 2.24) is 15.2 Å².